The molecule has 0 spiro atoms. The third kappa shape index (κ3) is 5.36. The maximum absolute atomic E-state index is 11.4. The second-order valence-electron chi connectivity index (χ2n) is 5.50. The predicted octanol–water partition coefficient (Wildman–Crippen LogP) is 2.40. The van der Waals surface area contributed by atoms with Gasteiger partial charge in [0, 0.05) is 6.61 Å². The summed E-state index contributed by atoms with van der Waals surface area (Å²) in [5.41, 5.74) is 5.00. The second kappa shape index (κ2) is 7.74. The predicted molar refractivity (Wildman–Crippen MR) is 71.3 cm³/mol. The van der Waals surface area contributed by atoms with Gasteiger partial charge in [0.15, 0.2) is 0 Å². The van der Waals surface area contributed by atoms with Crippen molar-refractivity contribution >= 4 is 5.97 Å². The number of carbonyl (C=O) groups excluding carboxylic acids is 1. The van der Waals surface area contributed by atoms with Gasteiger partial charge in [0.05, 0.1) is 13.2 Å². The van der Waals surface area contributed by atoms with Crippen molar-refractivity contribution in [3.63, 3.8) is 0 Å². The van der Waals surface area contributed by atoms with Crippen molar-refractivity contribution in [1.29, 1.82) is 0 Å². The molecule has 0 aromatic rings. The van der Waals surface area contributed by atoms with E-state index in [9.17, 15) is 4.79 Å². The molecule has 0 aromatic carbocycles. The van der Waals surface area contributed by atoms with Crippen LogP contribution in [0, 0.1) is 0 Å². The highest BCUT2D eigenvalue weighted by atomic mass is 16.5. The molecular weight excluding hydrogens is 230 g/mol. The number of hydrogen-bond donors (Lipinski definition) is 1. The van der Waals surface area contributed by atoms with Gasteiger partial charge in [-0.1, -0.05) is 25.7 Å². The number of rotatable bonds is 6. The third-order valence-electron chi connectivity index (χ3n) is 3.65. The van der Waals surface area contributed by atoms with Crippen LogP contribution in [0.1, 0.15) is 58.3 Å². The van der Waals surface area contributed by atoms with Crippen molar-refractivity contribution in [2.24, 2.45) is 5.73 Å². The van der Waals surface area contributed by atoms with Gasteiger partial charge in [-0.15, -0.1) is 0 Å². The zero-order valence-electron chi connectivity index (χ0n) is 11.7. The fraction of sp³-hybridized carbons (Fsp3) is 0.929. The molecule has 1 saturated carbocycles. The van der Waals surface area contributed by atoms with Crippen LogP contribution >= 0.6 is 0 Å². The lowest BCUT2D eigenvalue weighted by Crippen LogP contribution is -2.45. The molecule has 2 N–H and O–H groups in total. The largest absolute Gasteiger partial charge is 0.468 e. The zero-order chi connectivity index (χ0) is 13.4. The Morgan fingerprint density at radius 2 is 1.89 bits per heavy atom. The first kappa shape index (κ1) is 15.4. The Morgan fingerprint density at radius 3 is 2.44 bits per heavy atom. The summed E-state index contributed by atoms with van der Waals surface area (Å²) < 4.78 is 10.5. The summed E-state index contributed by atoms with van der Waals surface area (Å²) in [4.78, 5) is 11.4. The topological polar surface area (TPSA) is 61.5 Å². The van der Waals surface area contributed by atoms with E-state index in [0.29, 0.717) is 19.1 Å². The van der Waals surface area contributed by atoms with E-state index in [2.05, 4.69) is 4.74 Å². The molecule has 1 aliphatic carbocycles. The number of carbonyl (C=O) groups is 1. The highest BCUT2D eigenvalue weighted by Crippen LogP contribution is 2.20. The Morgan fingerprint density at radius 1 is 1.28 bits per heavy atom. The van der Waals surface area contributed by atoms with Gasteiger partial charge in [0.2, 0.25) is 0 Å². The number of esters is 1. The lowest BCUT2D eigenvalue weighted by atomic mass is 9.98. The van der Waals surface area contributed by atoms with Crippen LogP contribution in [0.3, 0.4) is 0 Å². The molecule has 18 heavy (non-hydrogen) atoms. The number of methoxy groups -OCH3 is 1. The van der Waals surface area contributed by atoms with Crippen molar-refractivity contribution in [3.05, 3.63) is 0 Å². The highest BCUT2D eigenvalue weighted by molar-refractivity contribution is 5.79. The van der Waals surface area contributed by atoms with E-state index in [1.54, 1.807) is 6.92 Å². The highest BCUT2D eigenvalue weighted by Gasteiger charge is 2.28. The smallest absolute Gasteiger partial charge is 0.325 e. The standard InChI is InChI=1S/C14H27NO3/c1-14(15,13(16)17-2)10-7-11-18-12-8-5-3-4-6-9-12/h12H,3-11,15H2,1-2H3. The lowest BCUT2D eigenvalue weighted by Gasteiger charge is -2.22. The Balaban J connectivity index is 2.15. The molecule has 0 heterocycles. The number of nitrogens with two attached hydrogens (primary N) is 1. The zero-order valence-corrected chi connectivity index (χ0v) is 11.7. The Bertz CT molecular complexity index is 245. The average molecular weight is 257 g/mol. The van der Waals surface area contributed by atoms with Crippen LogP contribution in [0.5, 0.6) is 0 Å². The van der Waals surface area contributed by atoms with Gasteiger partial charge in [-0.3, -0.25) is 4.79 Å². The molecule has 0 radical (unpaired) electrons. The van der Waals surface area contributed by atoms with Crippen LogP contribution in [0.25, 0.3) is 0 Å². The minimum Gasteiger partial charge on any atom is -0.468 e. The summed E-state index contributed by atoms with van der Waals surface area (Å²) in [6, 6.07) is 0. The van der Waals surface area contributed by atoms with Crippen LogP contribution in [0.15, 0.2) is 0 Å². The van der Waals surface area contributed by atoms with Crippen LogP contribution in [0.2, 0.25) is 0 Å². The monoisotopic (exact) mass is 257 g/mol. The van der Waals surface area contributed by atoms with Crippen molar-refractivity contribution in [3.8, 4) is 0 Å². The van der Waals surface area contributed by atoms with Crippen LogP contribution in [-0.4, -0.2) is 31.3 Å². The van der Waals surface area contributed by atoms with Gasteiger partial charge in [0.25, 0.3) is 0 Å². The molecule has 4 nitrogen and oxygen atoms in total. The second-order valence-corrected chi connectivity index (χ2v) is 5.50. The molecule has 106 valence electrons. The Hall–Kier alpha value is -0.610. The molecule has 0 aliphatic heterocycles. The number of hydrogen-bond acceptors (Lipinski definition) is 4. The molecule has 1 fully saturated rings. The van der Waals surface area contributed by atoms with Crippen LogP contribution in [-0.2, 0) is 14.3 Å². The maximum atomic E-state index is 11.4. The van der Waals surface area contributed by atoms with E-state index < -0.39 is 5.54 Å². The Kier molecular flexibility index (Phi) is 6.65. The average Bonchev–Trinajstić information content (AvgIpc) is 2.62. The van der Waals surface area contributed by atoms with E-state index >= 15 is 0 Å². The molecule has 1 aliphatic rings. The molecule has 1 rings (SSSR count). The first-order valence-corrected chi connectivity index (χ1v) is 7.05. The summed E-state index contributed by atoms with van der Waals surface area (Å²) in [7, 11) is 1.37. The minimum atomic E-state index is -0.887. The van der Waals surface area contributed by atoms with E-state index in [-0.39, 0.29) is 5.97 Å². The molecular formula is C14H27NO3. The third-order valence-corrected chi connectivity index (χ3v) is 3.65. The van der Waals surface area contributed by atoms with E-state index in [1.807, 2.05) is 0 Å². The summed E-state index contributed by atoms with van der Waals surface area (Å²) in [6.45, 7) is 2.40. The summed E-state index contributed by atoms with van der Waals surface area (Å²) in [5.74, 6) is -0.350. The molecule has 0 amide bonds. The quantitative estimate of drug-likeness (QED) is 0.451. The normalized spacial score (nSPS) is 21.1. The molecule has 0 saturated heterocycles. The lowest BCUT2D eigenvalue weighted by molar-refractivity contribution is -0.146. The van der Waals surface area contributed by atoms with Gasteiger partial charge in [-0.05, 0) is 32.6 Å². The molecule has 0 aromatic heterocycles. The van der Waals surface area contributed by atoms with Crippen LogP contribution < -0.4 is 5.73 Å². The SMILES string of the molecule is COC(=O)C(C)(N)CCCOC1CCCCCC1. The van der Waals surface area contributed by atoms with Gasteiger partial charge in [-0.2, -0.15) is 0 Å². The van der Waals surface area contributed by atoms with Gasteiger partial charge in [-0.25, -0.2) is 0 Å². The van der Waals surface area contributed by atoms with Crippen molar-refractivity contribution in [2.75, 3.05) is 13.7 Å². The first-order chi connectivity index (χ1) is 8.56. The van der Waals surface area contributed by atoms with Crippen molar-refractivity contribution < 1.29 is 14.3 Å². The van der Waals surface area contributed by atoms with Gasteiger partial charge < -0.3 is 15.2 Å². The molecule has 1 unspecified atom stereocenters. The van der Waals surface area contributed by atoms with Gasteiger partial charge >= 0.3 is 5.97 Å². The first-order valence-electron chi connectivity index (χ1n) is 7.05. The fourth-order valence-corrected chi connectivity index (χ4v) is 2.43. The van der Waals surface area contributed by atoms with E-state index in [4.69, 9.17) is 10.5 Å². The number of ether oxygens (including phenoxy) is 2. The van der Waals surface area contributed by atoms with E-state index in [0.717, 1.165) is 6.42 Å². The maximum Gasteiger partial charge on any atom is 0.325 e. The minimum absolute atomic E-state index is 0.350. The van der Waals surface area contributed by atoms with E-state index in [1.165, 1.54) is 45.6 Å². The molecule has 1 atom stereocenters. The molecule has 0 bridgehead atoms. The Labute approximate surface area is 110 Å². The summed E-state index contributed by atoms with van der Waals surface area (Å²) in [5, 5.41) is 0. The van der Waals surface area contributed by atoms with Crippen LogP contribution in [0.4, 0.5) is 0 Å². The fourth-order valence-electron chi connectivity index (χ4n) is 2.43. The molecule has 4 heteroatoms. The van der Waals surface area contributed by atoms with Crippen molar-refractivity contribution in [2.45, 2.75) is 69.9 Å². The summed E-state index contributed by atoms with van der Waals surface area (Å²) >= 11 is 0. The van der Waals surface area contributed by atoms with Gasteiger partial charge in [0.1, 0.15) is 5.54 Å². The van der Waals surface area contributed by atoms with Crippen molar-refractivity contribution in [1.82, 2.24) is 0 Å². The summed E-state index contributed by atoms with van der Waals surface area (Å²) in [6.07, 6.45) is 9.41.